The molecule has 9 heteroatoms. The quantitative estimate of drug-likeness (QED) is 0.254. The molecule has 0 bridgehead atoms. The third-order valence-electron chi connectivity index (χ3n) is 2.27. The molecule has 0 rings (SSSR count). The van der Waals surface area contributed by atoms with E-state index in [0.717, 1.165) is 11.0 Å². The van der Waals surface area contributed by atoms with E-state index in [9.17, 15) is 9.90 Å². The largest absolute Gasteiger partial charge is 0.547 e. The van der Waals surface area contributed by atoms with Gasteiger partial charge in [0.15, 0.2) is 0 Å². The molecule has 9 nitrogen and oxygen atoms in total. The summed E-state index contributed by atoms with van der Waals surface area (Å²) in [5.41, 5.74) is 0. The van der Waals surface area contributed by atoms with Gasteiger partial charge in [-0.1, -0.05) is 0 Å². The van der Waals surface area contributed by atoms with Crippen LogP contribution in [0.1, 0.15) is 0 Å². The Labute approximate surface area is 117 Å². The Morgan fingerprint density at radius 1 is 1.05 bits per heavy atom. The first-order chi connectivity index (χ1) is 8.97. The van der Waals surface area contributed by atoms with E-state index in [1.807, 2.05) is 0 Å². The van der Waals surface area contributed by atoms with Gasteiger partial charge in [-0.15, -0.1) is 0 Å². The van der Waals surface area contributed by atoms with Gasteiger partial charge in [-0.3, -0.25) is 0 Å². The van der Waals surface area contributed by atoms with E-state index in [-0.39, 0.29) is 6.61 Å². The number of nitrogens with zero attached hydrogens (tertiary/aromatic N) is 1. The number of carbonyl (C=O) groups excluding carboxylic acids is 1. The minimum absolute atomic E-state index is 0.281. The highest BCUT2D eigenvalue weighted by Crippen LogP contribution is 2.04. The second-order valence-electron chi connectivity index (χ2n) is 5.23. The topological polar surface area (TPSA) is 162 Å². The maximum atomic E-state index is 9.98. The molecule has 0 fully saturated rings. The molecule has 0 unspecified atom stereocenters. The van der Waals surface area contributed by atoms with Crippen molar-refractivity contribution in [2.75, 3.05) is 40.9 Å². The van der Waals surface area contributed by atoms with Crippen LogP contribution in [0.2, 0.25) is 0 Å². The first-order valence-corrected chi connectivity index (χ1v) is 5.93. The van der Waals surface area contributed by atoms with Crippen molar-refractivity contribution in [2.24, 2.45) is 0 Å². The van der Waals surface area contributed by atoms with Crippen LogP contribution in [-0.4, -0.2) is 106 Å². The van der Waals surface area contributed by atoms with Crippen molar-refractivity contribution < 1.29 is 45.0 Å². The van der Waals surface area contributed by atoms with Gasteiger partial charge < -0.3 is 45.0 Å². The summed E-state index contributed by atoms with van der Waals surface area (Å²) in [5.74, 6) is -1.98. The van der Waals surface area contributed by atoms with Crippen molar-refractivity contribution in [3.63, 3.8) is 0 Å². The smallest absolute Gasteiger partial charge is 0.122 e. The zero-order valence-electron chi connectivity index (χ0n) is 11.9. The lowest BCUT2D eigenvalue weighted by Gasteiger charge is -2.25. The van der Waals surface area contributed by atoms with Crippen LogP contribution >= 0.6 is 0 Å². The number of rotatable bonds is 7. The molecule has 6 N–H and O–H groups in total. The fraction of sp³-hybridized carbons (Fsp3) is 0.909. The number of quaternary nitrogens is 1. The fourth-order valence-corrected chi connectivity index (χ4v) is 0.962. The van der Waals surface area contributed by atoms with Crippen LogP contribution in [0.5, 0.6) is 0 Å². The Balaban J connectivity index is 0. The predicted molar refractivity (Wildman–Crippen MR) is 66.1 cm³/mol. The van der Waals surface area contributed by atoms with Gasteiger partial charge in [0.25, 0.3) is 0 Å². The van der Waals surface area contributed by atoms with E-state index in [0.29, 0.717) is 0 Å². The van der Waals surface area contributed by atoms with Crippen LogP contribution in [0.25, 0.3) is 0 Å². The molecular weight excluding hydrogens is 274 g/mol. The van der Waals surface area contributed by atoms with Gasteiger partial charge in [-0.2, -0.15) is 0 Å². The SMILES string of the molecule is C[N+](C)(C)CCO.O=C([O-])[C@H](O)[C@@H](O)[C@H](O)[C@H](O)CO. The Morgan fingerprint density at radius 3 is 1.70 bits per heavy atom. The molecule has 0 amide bonds. The van der Waals surface area contributed by atoms with Crippen molar-refractivity contribution in [1.82, 2.24) is 0 Å². The summed E-state index contributed by atoms with van der Waals surface area (Å²) in [5, 5.41) is 61.8. The molecule has 0 aromatic rings. The van der Waals surface area contributed by atoms with Gasteiger partial charge in [0.05, 0.1) is 40.3 Å². The van der Waals surface area contributed by atoms with Gasteiger partial charge in [0, 0.05) is 0 Å². The van der Waals surface area contributed by atoms with E-state index >= 15 is 0 Å². The van der Waals surface area contributed by atoms with Gasteiger partial charge in [-0.25, -0.2) is 0 Å². The van der Waals surface area contributed by atoms with Crippen molar-refractivity contribution in [3.8, 4) is 0 Å². The number of aliphatic hydroxyl groups excluding tert-OH is 6. The molecule has 0 radical (unpaired) electrons. The minimum Gasteiger partial charge on any atom is -0.547 e. The number of likely N-dealkylation sites (N-methyl/N-ethyl adjacent to an activating group) is 1. The summed E-state index contributed by atoms with van der Waals surface area (Å²) in [6.45, 7) is 0.251. The molecule has 0 aromatic carbocycles. The van der Waals surface area contributed by atoms with Crippen LogP contribution < -0.4 is 5.11 Å². The monoisotopic (exact) mass is 299 g/mol. The molecule has 20 heavy (non-hydrogen) atoms. The summed E-state index contributed by atoms with van der Waals surface area (Å²) in [6, 6.07) is 0. The molecule has 0 spiro atoms. The molecular formula is C11H25NO8. The van der Waals surface area contributed by atoms with Crippen molar-refractivity contribution in [1.29, 1.82) is 0 Å². The molecule has 4 atom stereocenters. The lowest BCUT2D eigenvalue weighted by Crippen LogP contribution is -2.52. The Bertz CT molecular complexity index is 268. The van der Waals surface area contributed by atoms with E-state index < -0.39 is 37.0 Å². The van der Waals surface area contributed by atoms with Crippen LogP contribution in [0.15, 0.2) is 0 Å². The highest BCUT2D eigenvalue weighted by molar-refractivity contribution is 5.70. The van der Waals surface area contributed by atoms with Crippen molar-refractivity contribution >= 4 is 5.97 Å². The highest BCUT2D eigenvalue weighted by atomic mass is 16.4. The second-order valence-corrected chi connectivity index (χ2v) is 5.23. The number of carboxylic acid groups (broad SMARTS) is 1. The molecule has 0 aromatic heterocycles. The summed E-state index contributed by atoms with van der Waals surface area (Å²) < 4.78 is 0.844. The van der Waals surface area contributed by atoms with E-state index in [4.69, 9.17) is 30.6 Å². The van der Waals surface area contributed by atoms with Crippen LogP contribution in [-0.2, 0) is 4.79 Å². The lowest BCUT2D eigenvalue weighted by atomic mass is 10.0. The first-order valence-electron chi connectivity index (χ1n) is 5.93. The lowest BCUT2D eigenvalue weighted by molar-refractivity contribution is -0.870. The predicted octanol–water partition coefficient (Wildman–Crippen LogP) is -5.14. The van der Waals surface area contributed by atoms with Gasteiger partial charge in [0.1, 0.15) is 31.0 Å². The number of hydrogen-bond donors (Lipinski definition) is 6. The van der Waals surface area contributed by atoms with Crippen LogP contribution in [0.3, 0.4) is 0 Å². The normalized spacial score (nSPS) is 17.4. The third-order valence-corrected chi connectivity index (χ3v) is 2.27. The number of carbonyl (C=O) groups is 1. The van der Waals surface area contributed by atoms with Crippen LogP contribution in [0.4, 0.5) is 0 Å². The Morgan fingerprint density at radius 2 is 1.50 bits per heavy atom. The second kappa shape index (κ2) is 10.00. The average molecular weight is 299 g/mol. The number of hydrogen-bond acceptors (Lipinski definition) is 8. The summed E-state index contributed by atoms with van der Waals surface area (Å²) in [4.78, 5) is 9.98. The molecule has 0 saturated heterocycles. The van der Waals surface area contributed by atoms with E-state index in [1.165, 1.54) is 0 Å². The van der Waals surface area contributed by atoms with Gasteiger partial charge in [0.2, 0.25) is 0 Å². The Kier molecular flexibility index (Phi) is 10.7. The maximum absolute atomic E-state index is 9.98. The van der Waals surface area contributed by atoms with Gasteiger partial charge >= 0.3 is 0 Å². The fourth-order valence-electron chi connectivity index (χ4n) is 0.962. The van der Waals surface area contributed by atoms with E-state index in [2.05, 4.69) is 21.1 Å². The standard InChI is InChI=1S/C6H12O7.C5H14NO/c7-1-2(8)3(9)4(10)5(11)6(12)13;1-6(2,3)4-5-7/h2-5,7-11H,1H2,(H,12,13);7H,4-5H2,1-3H3/q;+1/p-1/t2-,3-,4+,5-;/m1./s1. The third kappa shape index (κ3) is 10.0. The Hall–Kier alpha value is -0.810. The average Bonchev–Trinajstić information content (AvgIpc) is 2.34. The van der Waals surface area contributed by atoms with Gasteiger partial charge in [-0.05, 0) is 0 Å². The summed E-state index contributed by atoms with van der Waals surface area (Å²) >= 11 is 0. The first kappa shape index (κ1) is 21.5. The zero-order valence-corrected chi connectivity index (χ0v) is 11.9. The summed E-state index contributed by atoms with van der Waals surface area (Å²) in [7, 11) is 6.16. The molecule has 0 aliphatic heterocycles. The van der Waals surface area contributed by atoms with Crippen molar-refractivity contribution in [3.05, 3.63) is 0 Å². The molecule has 0 aliphatic carbocycles. The summed E-state index contributed by atoms with van der Waals surface area (Å²) in [6.07, 6.45) is -8.08. The molecule has 0 aliphatic rings. The molecule has 0 heterocycles. The van der Waals surface area contributed by atoms with E-state index in [1.54, 1.807) is 0 Å². The maximum Gasteiger partial charge on any atom is 0.122 e. The van der Waals surface area contributed by atoms with Crippen LogP contribution in [0, 0.1) is 0 Å². The minimum atomic E-state index is -2.31. The molecule has 122 valence electrons. The molecule has 0 saturated carbocycles. The highest BCUT2D eigenvalue weighted by Gasteiger charge is 2.30. The zero-order chi connectivity index (χ0) is 16.5. The number of aliphatic hydroxyl groups is 6. The number of carboxylic acids is 1. The number of aliphatic carboxylic acids is 1. The van der Waals surface area contributed by atoms with Crippen molar-refractivity contribution in [2.45, 2.75) is 24.4 Å².